The zero-order valence-corrected chi connectivity index (χ0v) is 13.4. The second-order valence-corrected chi connectivity index (χ2v) is 5.87. The van der Waals surface area contributed by atoms with Crippen molar-refractivity contribution in [3.63, 3.8) is 0 Å². The van der Waals surface area contributed by atoms with Gasteiger partial charge in [-0.05, 0) is 6.42 Å². The minimum absolute atomic E-state index is 0.371. The van der Waals surface area contributed by atoms with Gasteiger partial charge in [0.25, 0.3) is 6.29 Å². The van der Waals surface area contributed by atoms with Gasteiger partial charge in [-0.25, -0.2) is 0 Å². The van der Waals surface area contributed by atoms with Crippen molar-refractivity contribution in [3.8, 4) is 0 Å². The molecule has 2 heteroatoms. The SMILES string of the molecule is CCCCCCCCCCCCCCCCC(=O)[C]=O. The van der Waals surface area contributed by atoms with Crippen LogP contribution in [0.3, 0.4) is 0 Å². The van der Waals surface area contributed by atoms with Crippen LogP contribution in [0.1, 0.15) is 103 Å². The number of hydrogen-bond donors (Lipinski definition) is 0. The van der Waals surface area contributed by atoms with E-state index in [9.17, 15) is 9.59 Å². The lowest BCUT2D eigenvalue weighted by molar-refractivity contribution is -0.113. The molecule has 0 saturated heterocycles. The minimum atomic E-state index is -0.371. The Morgan fingerprint density at radius 2 is 1.00 bits per heavy atom. The summed E-state index contributed by atoms with van der Waals surface area (Å²) in [5, 5.41) is 0. The highest BCUT2D eigenvalue weighted by atomic mass is 16.2. The molecule has 0 aromatic carbocycles. The van der Waals surface area contributed by atoms with E-state index in [1.807, 2.05) is 0 Å². The predicted octanol–water partition coefficient (Wildman–Crippen LogP) is 5.54. The van der Waals surface area contributed by atoms with Gasteiger partial charge in [-0.1, -0.05) is 90.4 Å². The third kappa shape index (κ3) is 15.4. The number of carbonyl (C=O) groups excluding carboxylic acids is 2. The van der Waals surface area contributed by atoms with Crippen LogP contribution in [0.15, 0.2) is 0 Å². The Bertz CT molecular complexity index is 223. The second-order valence-electron chi connectivity index (χ2n) is 5.87. The fraction of sp³-hybridized carbons (Fsp3) is 0.889. The Kier molecular flexibility index (Phi) is 15.9. The maximum atomic E-state index is 10.7. The van der Waals surface area contributed by atoms with E-state index in [4.69, 9.17) is 0 Å². The fourth-order valence-corrected chi connectivity index (χ4v) is 2.53. The van der Waals surface area contributed by atoms with Crippen LogP contribution in [0.4, 0.5) is 0 Å². The fourth-order valence-electron chi connectivity index (χ4n) is 2.53. The van der Waals surface area contributed by atoms with Crippen LogP contribution in [-0.4, -0.2) is 12.1 Å². The normalized spacial score (nSPS) is 10.7. The third-order valence-electron chi connectivity index (χ3n) is 3.87. The molecular weight excluding hydrogens is 248 g/mol. The highest BCUT2D eigenvalue weighted by Crippen LogP contribution is 2.13. The molecule has 0 rings (SSSR count). The first kappa shape index (κ1) is 19.3. The van der Waals surface area contributed by atoms with Gasteiger partial charge in [0.2, 0.25) is 5.78 Å². The molecule has 0 fully saturated rings. The molecule has 0 heterocycles. The Hall–Kier alpha value is -0.660. The molecule has 0 amide bonds. The summed E-state index contributed by atoms with van der Waals surface area (Å²) < 4.78 is 0. The van der Waals surface area contributed by atoms with Gasteiger partial charge in [-0.15, -0.1) is 0 Å². The first-order valence-electron chi connectivity index (χ1n) is 8.72. The first-order valence-corrected chi connectivity index (χ1v) is 8.72. The molecule has 2 nitrogen and oxygen atoms in total. The van der Waals surface area contributed by atoms with Gasteiger partial charge < -0.3 is 0 Å². The molecule has 117 valence electrons. The van der Waals surface area contributed by atoms with E-state index in [0.717, 1.165) is 12.8 Å². The van der Waals surface area contributed by atoms with E-state index >= 15 is 0 Å². The number of Topliss-reactive ketones (excluding diaryl/α,β-unsaturated/α-hetero) is 1. The van der Waals surface area contributed by atoms with Gasteiger partial charge in [0.05, 0.1) is 0 Å². The van der Waals surface area contributed by atoms with E-state index < -0.39 is 0 Å². The van der Waals surface area contributed by atoms with E-state index in [2.05, 4.69) is 6.92 Å². The quantitative estimate of drug-likeness (QED) is 0.275. The van der Waals surface area contributed by atoms with Crippen molar-refractivity contribution in [1.29, 1.82) is 0 Å². The predicted molar refractivity (Wildman–Crippen MR) is 85.6 cm³/mol. The average molecular weight is 281 g/mol. The highest BCUT2D eigenvalue weighted by Gasteiger charge is 1.99. The molecule has 0 unspecified atom stereocenters. The maximum Gasteiger partial charge on any atom is 0.272 e. The van der Waals surface area contributed by atoms with Crippen molar-refractivity contribution in [1.82, 2.24) is 0 Å². The molecule has 0 bridgehead atoms. The maximum absolute atomic E-state index is 10.7. The zero-order valence-electron chi connectivity index (χ0n) is 13.4. The molecule has 20 heavy (non-hydrogen) atoms. The molecule has 0 aromatic rings. The van der Waals surface area contributed by atoms with E-state index in [-0.39, 0.29) is 5.78 Å². The van der Waals surface area contributed by atoms with Crippen molar-refractivity contribution < 1.29 is 9.59 Å². The molecule has 0 aliphatic carbocycles. The molecule has 0 N–H and O–H groups in total. The van der Waals surface area contributed by atoms with Crippen LogP contribution < -0.4 is 0 Å². The molecule has 0 aliphatic rings. The Labute approximate surface area is 125 Å². The first-order chi connectivity index (χ1) is 9.81. The monoisotopic (exact) mass is 281 g/mol. The summed E-state index contributed by atoms with van der Waals surface area (Å²) in [6, 6.07) is 0. The molecule has 0 aliphatic heterocycles. The Morgan fingerprint density at radius 3 is 1.35 bits per heavy atom. The Balaban J connectivity index is 2.99. The summed E-state index contributed by atoms with van der Waals surface area (Å²) >= 11 is 0. The topological polar surface area (TPSA) is 34.1 Å². The van der Waals surface area contributed by atoms with Crippen molar-refractivity contribution in [2.75, 3.05) is 0 Å². The van der Waals surface area contributed by atoms with Gasteiger partial charge >= 0.3 is 0 Å². The van der Waals surface area contributed by atoms with Crippen molar-refractivity contribution >= 4 is 12.1 Å². The van der Waals surface area contributed by atoms with Gasteiger partial charge in [-0.2, -0.15) is 0 Å². The Morgan fingerprint density at radius 1 is 0.650 bits per heavy atom. The standard InChI is InChI=1S/C18H33O2/c1-2-3-4-5-6-7-8-9-10-11-12-13-14-15-16-18(20)17-19/h2-16H2,1H3. The molecule has 0 atom stereocenters. The van der Waals surface area contributed by atoms with Crippen LogP contribution in [-0.2, 0) is 9.59 Å². The molecule has 0 aromatic heterocycles. The summed E-state index contributed by atoms with van der Waals surface area (Å²) in [4.78, 5) is 20.7. The largest absolute Gasteiger partial charge is 0.290 e. The van der Waals surface area contributed by atoms with Crippen LogP contribution >= 0.6 is 0 Å². The van der Waals surface area contributed by atoms with Crippen molar-refractivity contribution in [3.05, 3.63) is 0 Å². The third-order valence-corrected chi connectivity index (χ3v) is 3.87. The lowest BCUT2D eigenvalue weighted by Crippen LogP contribution is -1.97. The zero-order chi connectivity index (χ0) is 14.9. The number of unbranched alkanes of at least 4 members (excludes halogenated alkanes) is 13. The number of rotatable bonds is 16. The molecule has 0 saturated carbocycles. The van der Waals surface area contributed by atoms with Crippen molar-refractivity contribution in [2.24, 2.45) is 0 Å². The van der Waals surface area contributed by atoms with E-state index in [1.54, 1.807) is 0 Å². The van der Waals surface area contributed by atoms with Crippen molar-refractivity contribution in [2.45, 2.75) is 103 Å². The van der Waals surface area contributed by atoms with Crippen LogP contribution in [0.2, 0.25) is 0 Å². The number of hydrogen-bond acceptors (Lipinski definition) is 2. The number of ketones is 1. The van der Waals surface area contributed by atoms with Crippen LogP contribution in [0.5, 0.6) is 0 Å². The lowest BCUT2D eigenvalue weighted by atomic mass is 10.0. The summed E-state index contributed by atoms with van der Waals surface area (Å²) in [5.74, 6) is -0.371. The average Bonchev–Trinajstić information content (AvgIpc) is 2.47. The van der Waals surface area contributed by atoms with E-state index in [1.165, 1.54) is 83.3 Å². The van der Waals surface area contributed by atoms with Gasteiger partial charge in [0.15, 0.2) is 0 Å². The van der Waals surface area contributed by atoms with Crippen LogP contribution in [0.25, 0.3) is 0 Å². The second kappa shape index (κ2) is 16.4. The summed E-state index contributed by atoms with van der Waals surface area (Å²) in [6.07, 6.45) is 20.1. The van der Waals surface area contributed by atoms with E-state index in [0.29, 0.717) is 6.42 Å². The summed E-state index contributed by atoms with van der Waals surface area (Å²) in [7, 11) is 0. The minimum Gasteiger partial charge on any atom is -0.290 e. The smallest absolute Gasteiger partial charge is 0.272 e. The summed E-state index contributed by atoms with van der Waals surface area (Å²) in [6.45, 7) is 2.26. The highest BCUT2D eigenvalue weighted by molar-refractivity contribution is 6.25. The van der Waals surface area contributed by atoms with Gasteiger partial charge in [0, 0.05) is 6.42 Å². The number of carbonyl (C=O) groups is 1. The molecular formula is C18H33O2. The summed E-state index contributed by atoms with van der Waals surface area (Å²) in [5.41, 5.74) is 0. The molecule has 0 spiro atoms. The van der Waals surface area contributed by atoms with Gasteiger partial charge in [-0.3, -0.25) is 9.59 Å². The molecule has 1 radical (unpaired) electrons. The lowest BCUT2D eigenvalue weighted by Gasteiger charge is -2.02. The van der Waals surface area contributed by atoms with Crippen LogP contribution in [0, 0.1) is 0 Å². The van der Waals surface area contributed by atoms with Gasteiger partial charge in [0.1, 0.15) is 0 Å².